The molecule has 0 aromatic carbocycles. The summed E-state index contributed by atoms with van der Waals surface area (Å²) >= 11 is 0. The molecule has 0 saturated carbocycles. The van der Waals surface area contributed by atoms with E-state index in [0.717, 1.165) is 0 Å². The Kier molecular flexibility index (Phi) is 6.54. The Morgan fingerprint density at radius 3 is 0.933 bits per heavy atom. The smallest absolute Gasteiger partial charge is 0.235 e. The maximum Gasteiger partial charge on any atom is 0.460 e. The van der Waals surface area contributed by atoms with Crippen LogP contribution in [0.15, 0.2) is 0 Å². The summed E-state index contributed by atoms with van der Waals surface area (Å²) in [5.74, 6) is -52.1. The molecule has 0 radical (unpaired) electrons. The molecule has 0 aromatic rings. The van der Waals surface area contributed by atoms with Crippen LogP contribution in [0, 0.1) is 0 Å². The summed E-state index contributed by atoms with van der Waals surface area (Å²) in [6, 6.07) is 0. The summed E-state index contributed by atoms with van der Waals surface area (Å²) in [7, 11) is -7.83. The summed E-state index contributed by atoms with van der Waals surface area (Å²) in [4.78, 5) is 0. The van der Waals surface area contributed by atoms with Crippen LogP contribution in [-0.4, -0.2) is 60.6 Å². The predicted octanol–water partition coefficient (Wildman–Crippen LogP) is 4.77. The number of hydrogen-bond donors (Lipinski definition) is 1. The lowest BCUT2D eigenvalue weighted by Crippen LogP contribution is -2.75. The Balaban J connectivity index is 6.93. The van der Waals surface area contributed by atoms with Crippen LogP contribution in [-0.2, 0) is 14.5 Å². The van der Waals surface area contributed by atoms with Gasteiger partial charge in [0.2, 0.25) is 0 Å². The number of alkyl halides is 17. The molecule has 0 unspecified atom stereocenters. The molecule has 0 aliphatic rings. The van der Waals surface area contributed by atoms with Crippen molar-refractivity contribution in [1.82, 2.24) is 0 Å². The van der Waals surface area contributed by atoms with Gasteiger partial charge in [-0.2, -0.15) is 83.1 Å². The SMILES string of the molecule is O=S(=O)(OO)C(F)(F)C(F)(F)C(F)(F)C(F)(F)C(F)(F)C(F)(F)C(F)(F)C(F)(F)F. The fourth-order valence-electron chi connectivity index (χ4n) is 1.35. The molecule has 0 fully saturated rings. The first-order valence-electron chi connectivity index (χ1n) is 5.85. The summed E-state index contributed by atoms with van der Waals surface area (Å²) in [6.45, 7) is 0. The molecule has 0 spiro atoms. The maximum atomic E-state index is 13.1. The van der Waals surface area contributed by atoms with Gasteiger partial charge in [0.25, 0.3) is 0 Å². The third-order valence-corrected chi connectivity index (χ3v) is 4.19. The molecule has 0 bridgehead atoms. The fraction of sp³-hybridized carbons (Fsp3) is 1.00. The van der Waals surface area contributed by atoms with Gasteiger partial charge in [-0.1, -0.05) is 0 Å². The number of hydrogen-bond acceptors (Lipinski definition) is 4. The minimum atomic E-state index is -8.92. The second-order valence-corrected chi connectivity index (χ2v) is 6.56. The van der Waals surface area contributed by atoms with Gasteiger partial charge in [-0.3, -0.25) is 0 Å². The van der Waals surface area contributed by atoms with E-state index in [1.807, 2.05) is 0 Å². The first-order chi connectivity index (χ1) is 12.6. The average Bonchev–Trinajstić information content (AvgIpc) is 2.52. The van der Waals surface area contributed by atoms with E-state index in [1.54, 1.807) is 4.33 Å². The maximum absolute atomic E-state index is 13.1. The largest absolute Gasteiger partial charge is 0.460 e. The molecule has 0 aliphatic heterocycles. The molecule has 0 aliphatic carbocycles. The third kappa shape index (κ3) is 3.24. The molecule has 22 heteroatoms. The molecule has 0 aromatic heterocycles. The Morgan fingerprint density at radius 1 is 0.467 bits per heavy atom. The van der Waals surface area contributed by atoms with Crippen LogP contribution < -0.4 is 0 Å². The zero-order valence-electron chi connectivity index (χ0n) is 12.5. The number of rotatable bonds is 8. The Labute approximate surface area is 151 Å². The van der Waals surface area contributed by atoms with E-state index in [0.29, 0.717) is 0 Å². The van der Waals surface area contributed by atoms with Gasteiger partial charge in [0.15, 0.2) is 0 Å². The minimum absolute atomic E-state index is 1.61. The monoisotopic (exact) mass is 516 g/mol. The van der Waals surface area contributed by atoms with Crippen LogP contribution in [0.4, 0.5) is 74.6 Å². The molecule has 0 saturated heterocycles. The highest BCUT2D eigenvalue weighted by Gasteiger charge is 2.96. The van der Waals surface area contributed by atoms with Gasteiger partial charge in [0.05, 0.1) is 0 Å². The lowest BCUT2D eigenvalue weighted by molar-refractivity contribution is -0.458. The number of halogens is 17. The molecule has 4 nitrogen and oxygen atoms in total. The first kappa shape index (κ1) is 28.7. The molecular weight excluding hydrogens is 515 g/mol. The third-order valence-electron chi connectivity index (χ3n) is 3.11. The van der Waals surface area contributed by atoms with Gasteiger partial charge < -0.3 is 0 Å². The zero-order chi connectivity index (χ0) is 25.2. The topological polar surface area (TPSA) is 63.6 Å². The molecular formula is C8HF17O4S. The molecule has 1 N–H and O–H groups in total. The van der Waals surface area contributed by atoms with Gasteiger partial charge in [-0.05, 0) is 0 Å². The highest BCUT2D eigenvalue weighted by Crippen LogP contribution is 2.64. The molecule has 0 heterocycles. The van der Waals surface area contributed by atoms with Crippen molar-refractivity contribution < 1.29 is 92.6 Å². The van der Waals surface area contributed by atoms with E-state index in [4.69, 9.17) is 5.26 Å². The summed E-state index contributed by atoms with van der Waals surface area (Å²) in [5.41, 5.74) is 0. The highest BCUT2D eigenvalue weighted by atomic mass is 32.2. The van der Waals surface area contributed by atoms with E-state index in [1.165, 1.54) is 0 Å². The average molecular weight is 516 g/mol. The van der Waals surface area contributed by atoms with Crippen LogP contribution in [0.1, 0.15) is 0 Å². The van der Waals surface area contributed by atoms with Crippen LogP contribution in [0.3, 0.4) is 0 Å². The van der Waals surface area contributed by atoms with E-state index >= 15 is 0 Å². The van der Waals surface area contributed by atoms with Crippen molar-refractivity contribution >= 4 is 10.1 Å². The molecule has 0 amide bonds. The zero-order valence-corrected chi connectivity index (χ0v) is 13.3. The van der Waals surface area contributed by atoms with Crippen LogP contribution in [0.25, 0.3) is 0 Å². The fourth-order valence-corrected chi connectivity index (χ4v) is 1.89. The highest BCUT2D eigenvalue weighted by molar-refractivity contribution is 7.87. The molecule has 0 atom stereocenters. The normalized spacial score (nSPS) is 16.7. The summed E-state index contributed by atoms with van der Waals surface area (Å²) in [5, 5.41) is -0.441. The van der Waals surface area contributed by atoms with Crippen LogP contribution in [0.2, 0.25) is 0 Å². The van der Waals surface area contributed by atoms with E-state index in [-0.39, 0.29) is 0 Å². The second-order valence-electron chi connectivity index (χ2n) is 4.99. The van der Waals surface area contributed by atoms with Gasteiger partial charge in [0.1, 0.15) is 0 Å². The van der Waals surface area contributed by atoms with Gasteiger partial charge in [0, 0.05) is 0 Å². The summed E-state index contributed by atoms with van der Waals surface area (Å²) in [6.07, 6.45) is -7.90. The Hall–Kier alpha value is -1.32. The van der Waals surface area contributed by atoms with Gasteiger partial charge in [-0.25, -0.2) is 5.26 Å². The van der Waals surface area contributed by atoms with Crippen molar-refractivity contribution in [2.24, 2.45) is 0 Å². The minimum Gasteiger partial charge on any atom is -0.235 e. The predicted molar refractivity (Wildman–Crippen MR) is 53.3 cm³/mol. The Morgan fingerprint density at radius 2 is 0.700 bits per heavy atom. The Bertz CT molecular complexity index is 750. The van der Waals surface area contributed by atoms with Crippen molar-refractivity contribution in [3.05, 3.63) is 0 Å². The van der Waals surface area contributed by atoms with Crippen LogP contribution in [0.5, 0.6) is 0 Å². The lowest BCUT2D eigenvalue weighted by atomic mass is 9.91. The van der Waals surface area contributed by atoms with Crippen LogP contribution >= 0.6 is 0 Å². The molecule has 30 heavy (non-hydrogen) atoms. The summed E-state index contributed by atoms with van der Waals surface area (Å²) < 4.78 is 239. The standard InChI is InChI=1S/C8HF17O4S/c9-1(10,3(13,14)5(17,18)7(21,22)23)2(11,12)4(15,16)6(19,20)8(24,25)30(27,28)29-26/h26H. The van der Waals surface area contributed by atoms with E-state index in [2.05, 4.69) is 0 Å². The van der Waals surface area contributed by atoms with Crippen molar-refractivity contribution in [2.45, 2.75) is 47.0 Å². The second kappa shape index (κ2) is 6.84. The van der Waals surface area contributed by atoms with E-state index < -0.39 is 57.1 Å². The van der Waals surface area contributed by atoms with Crippen molar-refractivity contribution in [1.29, 1.82) is 0 Å². The molecule has 182 valence electrons. The first-order valence-corrected chi connectivity index (χ1v) is 7.26. The van der Waals surface area contributed by atoms with Crippen molar-refractivity contribution in [3.63, 3.8) is 0 Å². The van der Waals surface area contributed by atoms with Crippen molar-refractivity contribution in [2.75, 3.05) is 0 Å². The molecule has 0 rings (SSSR count). The van der Waals surface area contributed by atoms with Gasteiger partial charge in [-0.15, -0.1) is 4.33 Å². The van der Waals surface area contributed by atoms with Gasteiger partial charge >= 0.3 is 57.1 Å². The van der Waals surface area contributed by atoms with Crippen molar-refractivity contribution in [3.8, 4) is 0 Å². The lowest BCUT2D eigenvalue weighted by Gasteiger charge is -2.42. The van der Waals surface area contributed by atoms with E-state index in [9.17, 15) is 83.1 Å². The quantitative estimate of drug-likeness (QED) is 0.287.